The molecule has 0 unspecified atom stereocenters. The average molecular weight is 581 g/mol. The van der Waals surface area contributed by atoms with Crippen LogP contribution in [0.2, 0.25) is 0 Å². The highest BCUT2D eigenvalue weighted by Crippen LogP contribution is 2.33. The molecule has 1 aliphatic carbocycles. The number of nitrogens with zero attached hydrogens (tertiary/aromatic N) is 4. The predicted molar refractivity (Wildman–Crippen MR) is 152 cm³/mol. The third-order valence-electron chi connectivity index (χ3n) is 7.96. The topological polar surface area (TPSA) is 113 Å². The van der Waals surface area contributed by atoms with Gasteiger partial charge in [0.2, 0.25) is 10.0 Å². The number of amides is 1. The van der Waals surface area contributed by atoms with Crippen molar-refractivity contribution in [2.75, 3.05) is 56.5 Å². The zero-order valence-electron chi connectivity index (χ0n) is 22.9. The van der Waals surface area contributed by atoms with Gasteiger partial charge in [0.05, 0.1) is 28.2 Å². The molecule has 1 N–H and O–H groups in total. The number of thiazole rings is 1. The van der Waals surface area contributed by atoms with Gasteiger partial charge in [-0.15, -0.1) is 0 Å². The first kappa shape index (κ1) is 28.4. The zero-order valence-corrected chi connectivity index (χ0v) is 24.5. The van der Waals surface area contributed by atoms with E-state index in [4.69, 9.17) is 9.47 Å². The fourth-order valence-electron chi connectivity index (χ4n) is 5.11. The number of carbonyl (C=O) groups is 1. The maximum atomic E-state index is 12.7. The molecule has 10 nitrogen and oxygen atoms in total. The molecule has 1 aromatic heterocycles. The van der Waals surface area contributed by atoms with E-state index in [1.165, 1.54) is 34.9 Å². The summed E-state index contributed by atoms with van der Waals surface area (Å²) >= 11 is 1.51. The quantitative estimate of drug-likeness (QED) is 0.478. The lowest BCUT2D eigenvalue weighted by Crippen LogP contribution is -2.49. The van der Waals surface area contributed by atoms with E-state index < -0.39 is 15.6 Å². The van der Waals surface area contributed by atoms with Gasteiger partial charge in [-0.3, -0.25) is 0 Å². The van der Waals surface area contributed by atoms with Gasteiger partial charge < -0.3 is 24.4 Å². The molecular weight excluding hydrogens is 540 g/mol. The van der Waals surface area contributed by atoms with Crippen molar-refractivity contribution in [2.45, 2.75) is 64.1 Å². The van der Waals surface area contributed by atoms with Gasteiger partial charge in [0.1, 0.15) is 6.10 Å². The molecule has 2 aliphatic heterocycles. The molecule has 1 saturated carbocycles. The smallest absolute Gasteiger partial charge is 0.409 e. The molecule has 3 fully saturated rings. The molecule has 3 aliphatic rings. The second-order valence-electron chi connectivity index (χ2n) is 11.6. The van der Waals surface area contributed by atoms with Gasteiger partial charge in [0.15, 0.2) is 0 Å². The number of rotatable bonds is 9. The van der Waals surface area contributed by atoms with Crippen LogP contribution in [0.5, 0.6) is 5.19 Å². The molecule has 2 saturated heterocycles. The van der Waals surface area contributed by atoms with Crippen molar-refractivity contribution in [2.24, 2.45) is 5.92 Å². The molecular formula is C27H40N4O6S2. The Morgan fingerprint density at radius 1 is 1.10 bits per heavy atom. The van der Waals surface area contributed by atoms with Crippen LogP contribution in [0.3, 0.4) is 0 Å². The van der Waals surface area contributed by atoms with E-state index in [0.717, 1.165) is 28.7 Å². The lowest BCUT2D eigenvalue weighted by Gasteiger charge is -2.35. The fourth-order valence-corrected chi connectivity index (χ4v) is 7.76. The van der Waals surface area contributed by atoms with Crippen molar-refractivity contribution in [3.05, 3.63) is 18.2 Å². The monoisotopic (exact) mass is 580 g/mol. The molecule has 1 amide bonds. The Bertz CT molecular complexity index is 1240. The van der Waals surface area contributed by atoms with E-state index in [2.05, 4.69) is 16.0 Å². The maximum Gasteiger partial charge on any atom is 0.409 e. The molecule has 0 atom stereocenters. The number of carbonyl (C=O) groups excluding carboxylic acids is 1. The SMILES string of the molecule is CC(C)(O)CCS(=O)(=O)N1CCN(c2ccc3nc(OC4CCN(C(=O)OCC5CCC5)CC4)sc3c2)CC1. The van der Waals surface area contributed by atoms with Crippen LogP contribution >= 0.6 is 11.3 Å². The molecule has 216 valence electrons. The van der Waals surface area contributed by atoms with Crippen molar-refractivity contribution < 1.29 is 27.8 Å². The van der Waals surface area contributed by atoms with Gasteiger partial charge in [-0.1, -0.05) is 17.8 Å². The van der Waals surface area contributed by atoms with Gasteiger partial charge >= 0.3 is 6.09 Å². The highest BCUT2D eigenvalue weighted by molar-refractivity contribution is 7.89. The summed E-state index contributed by atoms with van der Waals surface area (Å²) in [5, 5.41) is 10.5. The first-order chi connectivity index (χ1) is 18.6. The predicted octanol–water partition coefficient (Wildman–Crippen LogP) is 3.69. The lowest BCUT2D eigenvalue weighted by molar-refractivity contribution is 0.0500. The Balaban J connectivity index is 1.11. The molecule has 0 radical (unpaired) electrons. The van der Waals surface area contributed by atoms with E-state index in [0.29, 0.717) is 57.0 Å². The normalized spacial score (nSPS) is 20.3. The van der Waals surface area contributed by atoms with Gasteiger partial charge in [-0.2, -0.15) is 4.31 Å². The molecule has 3 heterocycles. The van der Waals surface area contributed by atoms with Crippen molar-refractivity contribution in [1.29, 1.82) is 0 Å². The van der Waals surface area contributed by atoms with Crippen LogP contribution in [0, 0.1) is 5.92 Å². The number of sulfonamides is 1. The number of hydrogen-bond acceptors (Lipinski definition) is 9. The number of aromatic nitrogens is 1. The summed E-state index contributed by atoms with van der Waals surface area (Å²) in [6.45, 7) is 7.13. The standard InChI is InChI=1S/C27H40N4O6S2/c1-27(2,33)10-17-39(34,35)31-15-13-29(14-16-31)21-6-7-23-24(18-21)38-25(28-23)37-22-8-11-30(12-9-22)26(32)36-19-20-4-3-5-20/h6-7,18,20,22,33H,3-5,8-17,19H2,1-2H3. The van der Waals surface area contributed by atoms with Crippen LogP contribution < -0.4 is 9.64 Å². The van der Waals surface area contributed by atoms with E-state index in [1.54, 1.807) is 18.7 Å². The summed E-state index contributed by atoms with van der Waals surface area (Å²) in [5.74, 6) is 0.501. The molecule has 1 aromatic carbocycles. The Morgan fingerprint density at radius 3 is 2.46 bits per heavy atom. The van der Waals surface area contributed by atoms with Crippen molar-refractivity contribution in [3.8, 4) is 5.19 Å². The summed E-state index contributed by atoms with van der Waals surface area (Å²) in [7, 11) is -3.39. The minimum absolute atomic E-state index is 0.0205. The van der Waals surface area contributed by atoms with Gasteiger partial charge in [0, 0.05) is 57.8 Å². The third kappa shape index (κ3) is 7.33. The number of piperidine rings is 1. The number of anilines is 1. The molecule has 39 heavy (non-hydrogen) atoms. The summed E-state index contributed by atoms with van der Waals surface area (Å²) in [6, 6.07) is 6.11. The van der Waals surface area contributed by atoms with Gasteiger partial charge in [-0.05, 0) is 57.2 Å². The molecule has 2 aromatic rings. The molecule has 12 heteroatoms. The van der Waals surface area contributed by atoms with E-state index in [9.17, 15) is 18.3 Å². The van der Waals surface area contributed by atoms with Crippen LogP contribution in [0.1, 0.15) is 52.4 Å². The molecule has 5 rings (SSSR count). The average Bonchev–Trinajstić information content (AvgIpc) is 3.28. The van der Waals surface area contributed by atoms with E-state index in [-0.39, 0.29) is 24.4 Å². The van der Waals surface area contributed by atoms with Crippen molar-refractivity contribution in [1.82, 2.24) is 14.2 Å². The number of ether oxygens (including phenoxy) is 2. The molecule has 0 spiro atoms. The highest BCUT2D eigenvalue weighted by Gasteiger charge is 2.30. The Morgan fingerprint density at radius 2 is 1.82 bits per heavy atom. The first-order valence-electron chi connectivity index (χ1n) is 14.0. The van der Waals surface area contributed by atoms with Gasteiger partial charge in [-0.25, -0.2) is 18.2 Å². The van der Waals surface area contributed by atoms with E-state index >= 15 is 0 Å². The number of aliphatic hydroxyl groups is 1. The van der Waals surface area contributed by atoms with Gasteiger partial charge in [0.25, 0.3) is 5.19 Å². The largest absolute Gasteiger partial charge is 0.467 e. The number of hydrogen-bond donors (Lipinski definition) is 1. The maximum absolute atomic E-state index is 12.7. The summed E-state index contributed by atoms with van der Waals surface area (Å²) in [4.78, 5) is 21.0. The Hall–Kier alpha value is -2.15. The minimum Gasteiger partial charge on any atom is -0.467 e. The first-order valence-corrected chi connectivity index (χ1v) is 16.4. The number of likely N-dealkylation sites (tertiary alicyclic amines) is 1. The van der Waals surface area contributed by atoms with Crippen molar-refractivity contribution in [3.63, 3.8) is 0 Å². The van der Waals surface area contributed by atoms with Crippen LogP contribution in [-0.2, 0) is 14.8 Å². The second kappa shape index (κ2) is 11.8. The number of fused-ring (bicyclic) bond motifs is 1. The fraction of sp³-hybridized carbons (Fsp3) is 0.704. The number of piperazine rings is 1. The molecule has 0 bridgehead atoms. The van der Waals surface area contributed by atoms with Crippen LogP contribution in [-0.4, -0.2) is 97.1 Å². The van der Waals surface area contributed by atoms with E-state index in [1.807, 2.05) is 12.1 Å². The highest BCUT2D eigenvalue weighted by atomic mass is 32.2. The summed E-state index contributed by atoms with van der Waals surface area (Å²) < 4.78 is 39.6. The zero-order chi connectivity index (χ0) is 27.6. The summed E-state index contributed by atoms with van der Waals surface area (Å²) in [6.07, 6.45) is 5.11. The third-order valence-corrected chi connectivity index (χ3v) is 10.7. The minimum atomic E-state index is -3.39. The lowest BCUT2D eigenvalue weighted by atomic mass is 9.86. The second-order valence-corrected chi connectivity index (χ2v) is 14.7. The van der Waals surface area contributed by atoms with Crippen LogP contribution in [0.15, 0.2) is 18.2 Å². The Kier molecular flexibility index (Phi) is 8.56. The van der Waals surface area contributed by atoms with Crippen LogP contribution in [0.25, 0.3) is 10.2 Å². The summed E-state index contributed by atoms with van der Waals surface area (Å²) in [5.41, 5.74) is 0.922. The number of benzene rings is 1. The van der Waals surface area contributed by atoms with Crippen molar-refractivity contribution >= 4 is 43.4 Å². The van der Waals surface area contributed by atoms with Crippen LogP contribution in [0.4, 0.5) is 10.5 Å². The Labute approximate surface area is 234 Å².